The Morgan fingerprint density at radius 3 is 2.23 bits per heavy atom. The highest BCUT2D eigenvalue weighted by Crippen LogP contribution is 2.26. The van der Waals surface area contributed by atoms with E-state index in [9.17, 15) is 14.4 Å². The number of hydrogen-bond donors (Lipinski definition) is 0. The number of carbonyl (C=O) groups is 3. The van der Waals surface area contributed by atoms with E-state index in [1.165, 1.54) is 11.3 Å². The van der Waals surface area contributed by atoms with Gasteiger partial charge in [0.15, 0.2) is 0 Å². The lowest BCUT2D eigenvalue weighted by atomic mass is 9.92. The van der Waals surface area contributed by atoms with Gasteiger partial charge in [-0.2, -0.15) is 0 Å². The standard InChI is InChI=1S/C19H27NO5S/c1-12-6-11-15(26-12)16(21)17(22)24-14-9-7-13(8-10-14)20(5)18(23)25-19(2,3)4/h6,11,13-14H,7-10H2,1-5H3/t13-,14-. The van der Waals surface area contributed by atoms with E-state index in [1.807, 2.05) is 33.8 Å². The molecule has 1 heterocycles. The third-order valence-electron chi connectivity index (χ3n) is 4.30. The Bertz CT molecular complexity index is 668. The van der Waals surface area contributed by atoms with Gasteiger partial charge in [-0.15, -0.1) is 11.3 Å². The predicted molar refractivity (Wildman–Crippen MR) is 99.5 cm³/mol. The smallest absolute Gasteiger partial charge is 0.410 e. The summed E-state index contributed by atoms with van der Waals surface area (Å²) in [6.45, 7) is 7.39. The molecule has 1 amide bonds. The molecule has 144 valence electrons. The van der Waals surface area contributed by atoms with E-state index in [1.54, 1.807) is 18.0 Å². The average molecular weight is 381 g/mol. The van der Waals surface area contributed by atoms with Crippen LogP contribution in [0.4, 0.5) is 4.79 Å². The predicted octanol–water partition coefficient (Wildman–Crippen LogP) is 3.96. The Kier molecular flexibility index (Phi) is 6.44. The van der Waals surface area contributed by atoms with Gasteiger partial charge in [0, 0.05) is 18.0 Å². The number of esters is 1. The second-order valence-corrected chi connectivity index (χ2v) is 8.95. The van der Waals surface area contributed by atoms with Crippen LogP contribution in [0.2, 0.25) is 0 Å². The molecule has 1 aliphatic rings. The SMILES string of the molecule is Cc1ccc(C(=O)C(=O)O[C@H]2CC[C@H](N(C)C(=O)OC(C)(C)C)CC2)s1. The average Bonchev–Trinajstić information content (AvgIpc) is 2.99. The van der Waals surface area contributed by atoms with Crippen molar-refractivity contribution < 1.29 is 23.9 Å². The summed E-state index contributed by atoms with van der Waals surface area (Å²) in [7, 11) is 1.73. The number of carbonyl (C=O) groups excluding carboxylic acids is 3. The first-order valence-electron chi connectivity index (χ1n) is 8.84. The molecule has 7 heteroatoms. The first kappa shape index (κ1) is 20.4. The molecular formula is C19H27NO5S. The highest BCUT2D eigenvalue weighted by molar-refractivity contribution is 7.14. The maximum absolute atomic E-state index is 12.1. The number of thiophene rings is 1. The van der Waals surface area contributed by atoms with Crippen molar-refractivity contribution in [1.29, 1.82) is 0 Å². The van der Waals surface area contributed by atoms with Gasteiger partial charge in [-0.1, -0.05) is 0 Å². The Hall–Kier alpha value is -1.89. The highest BCUT2D eigenvalue weighted by Gasteiger charge is 2.32. The van der Waals surface area contributed by atoms with Gasteiger partial charge in [0.1, 0.15) is 11.7 Å². The van der Waals surface area contributed by atoms with E-state index in [0.717, 1.165) is 4.88 Å². The van der Waals surface area contributed by atoms with Crippen LogP contribution in [-0.2, 0) is 14.3 Å². The van der Waals surface area contributed by atoms with Gasteiger partial charge in [0.05, 0.1) is 4.88 Å². The summed E-state index contributed by atoms with van der Waals surface area (Å²) in [5, 5.41) is 0. The lowest BCUT2D eigenvalue weighted by Gasteiger charge is -2.35. The van der Waals surface area contributed by atoms with Crippen molar-refractivity contribution in [3.8, 4) is 0 Å². The van der Waals surface area contributed by atoms with Crippen molar-refractivity contribution in [3.05, 3.63) is 21.9 Å². The largest absolute Gasteiger partial charge is 0.456 e. The van der Waals surface area contributed by atoms with Gasteiger partial charge < -0.3 is 14.4 Å². The normalized spacial score (nSPS) is 20.3. The second-order valence-electron chi connectivity index (χ2n) is 7.67. The van der Waals surface area contributed by atoms with Crippen molar-refractivity contribution >= 4 is 29.2 Å². The third kappa shape index (κ3) is 5.56. The molecule has 1 saturated carbocycles. The minimum Gasteiger partial charge on any atom is -0.456 e. The molecule has 26 heavy (non-hydrogen) atoms. The molecule has 0 saturated heterocycles. The van der Waals surface area contributed by atoms with Crippen LogP contribution in [0.5, 0.6) is 0 Å². The quantitative estimate of drug-likeness (QED) is 0.448. The van der Waals surface area contributed by atoms with Gasteiger partial charge in [0.2, 0.25) is 0 Å². The fraction of sp³-hybridized carbons (Fsp3) is 0.632. The number of aryl methyl sites for hydroxylation is 1. The van der Waals surface area contributed by atoms with E-state index in [0.29, 0.717) is 30.6 Å². The van der Waals surface area contributed by atoms with Crippen LogP contribution < -0.4 is 0 Å². The zero-order valence-corrected chi connectivity index (χ0v) is 16.9. The second kappa shape index (κ2) is 8.20. The van der Waals surface area contributed by atoms with E-state index < -0.39 is 17.4 Å². The van der Waals surface area contributed by atoms with E-state index in [2.05, 4.69) is 0 Å². The van der Waals surface area contributed by atoms with Crippen LogP contribution in [0.3, 0.4) is 0 Å². The first-order chi connectivity index (χ1) is 12.1. The van der Waals surface area contributed by atoms with Gasteiger partial charge in [-0.05, 0) is 65.5 Å². The molecule has 0 unspecified atom stereocenters. The third-order valence-corrected chi connectivity index (χ3v) is 5.30. The Balaban J connectivity index is 1.81. The van der Waals surface area contributed by atoms with Crippen LogP contribution in [0.15, 0.2) is 12.1 Å². The van der Waals surface area contributed by atoms with Crippen molar-refractivity contribution in [2.75, 3.05) is 7.05 Å². The van der Waals surface area contributed by atoms with Crippen molar-refractivity contribution in [3.63, 3.8) is 0 Å². The van der Waals surface area contributed by atoms with Gasteiger partial charge in [0.25, 0.3) is 5.78 Å². The van der Waals surface area contributed by atoms with Crippen LogP contribution in [0.1, 0.15) is 61.0 Å². The number of ether oxygens (including phenoxy) is 2. The number of nitrogens with zero attached hydrogens (tertiary/aromatic N) is 1. The summed E-state index contributed by atoms with van der Waals surface area (Å²) in [5.41, 5.74) is -0.529. The summed E-state index contributed by atoms with van der Waals surface area (Å²) in [6, 6.07) is 3.51. The van der Waals surface area contributed by atoms with Crippen molar-refractivity contribution in [2.24, 2.45) is 0 Å². The first-order valence-corrected chi connectivity index (χ1v) is 9.66. The van der Waals surface area contributed by atoms with Crippen LogP contribution in [0.25, 0.3) is 0 Å². The highest BCUT2D eigenvalue weighted by atomic mass is 32.1. The van der Waals surface area contributed by atoms with Gasteiger partial charge in [-0.25, -0.2) is 9.59 Å². The summed E-state index contributed by atoms with van der Waals surface area (Å²) in [5.74, 6) is -1.38. The topological polar surface area (TPSA) is 72.9 Å². The zero-order chi connectivity index (χ0) is 19.5. The van der Waals surface area contributed by atoms with Gasteiger partial charge in [-0.3, -0.25) is 4.79 Å². The summed E-state index contributed by atoms with van der Waals surface area (Å²) in [4.78, 5) is 39.3. The van der Waals surface area contributed by atoms with Crippen LogP contribution >= 0.6 is 11.3 Å². The number of Topliss-reactive ketones (excluding diaryl/α,β-unsaturated/α-hetero) is 1. The molecule has 1 fully saturated rings. The fourth-order valence-electron chi connectivity index (χ4n) is 2.90. The van der Waals surface area contributed by atoms with E-state index >= 15 is 0 Å². The minimum atomic E-state index is -0.796. The lowest BCUT2D eigenvalue weighted by molar-refractivity contribution is -0.145. The molecule has 0 atom stereocenters. The Morgan fingerprint density at radius 1 is 1.12 bits per heavy atom. The zero-order valence-electron chi connectivity index (χ0n) is 16.0. The van der Waals surface area contributed by atoms with Crippen molar-refractivity contribution in [2.45, 2.75) is 71.1 Å². The molecule has 0 radical (unpaired) electrons. The summed E-state index contributed by atoms with van der Waals surface area (Å²) >= 11 is 1.29. The van der Waals surface area contributed by atoms with E-state index in [4.69, 9.17) is 9.47 Å². The number of ketones is 1. The molecule has 0 spiro atoms. The molecule has 2 rings (SSSR count). The Morgan fingerprint density at radius 2 is 1.73 bits per heavy atom. The Labute approximate surface area is 158 Å². The van der Waals surface area contributed by atoms with Crippen LogP contribution in [-0.4, -0.2) is 47.5 Å². The molecule has 1 aliphatic carbocycles. The number of hydrogen-bond acceptors (Lipinski definition) is 6. The lowest BCUT2D eigenvalue weighted by Crippen LogP contribution is -2.43. The van der Waals surface area contributed by atoms with Gasteiger partial charge >= 0.3 is 12.1 Å². The molecular weight excluding hydrogens is 354 g/mol. The minimum absolute atomic E-state index is 0.0513. The molecule has 0 N–H and O–H groups in total. The summed E-state index contributed by atoms with van der Waals surface area (Å²) < 4.78 is 10.8. The maximum atomic E-state index is 12.1. The maximum Gasteiger partial charge on any atom is 0.410 e. The molecule has 1 aromatic rings. The fourth-order valence-corrected chi connectivity index (χ4v) is 3.69. The van der Waals surface area contributed by atoms with Crippen LogP contribution in [0, 0.1) is 6.92 Å². The molecule has 0 bridgehead atoms. The monoisotopic (exact) mass is 381 g/mol. The molecule has 6 nitrogen and oxygen atoms in total. The molecule has 0 aliphatic heterocycles. The molecule has 1 aromatic heterocycles. The molecule has 0 aromatic carbocycles. The van der Waals surface area contributed by atoms with Crippen molar-refractivity contribution in [1.82, 2.24) is 4.90 Å². The summed E-state index contributed by atoms with van der Waals surface area (Å²) in [6.07, 6.45) is 2.04. The number of rotatable bonds is 4. The number of amides is 1. The van der Waals surface area contributed by atoms with E-state index in [-0.39, 0.29) is 18.2 Å².